The predicted octanol–water partition coefficient (Wildman–Crippen LogP) is 4.12. The summed E-state index contributed by atoms with van der Waals surface area (Å²) in [5, 5.41) is 5.41. The highest BCUT2D eigenvalue weighted by Gasteiger charge is 2.07. The molecule has 1 aromatic heterocycles. The lowest BCUT2D eigenvalue weighted by molar-refractivity contribution is -0.111. The van der Waals surface area contributed by atoms with Crippen LogP contribution in [0.4, 0.5) is 15.8 Å². The molecule has 27 heavy (non-hydrogen) atoms. The molecule has 5 nitrogen and oxygen atoms in total. The maximum Gasteiger partial charge on any atom is 0.257 e. The van der Waals surface area contributed by atoms with Gasteiger partial charge < -0.3 is 10.6 Å². The first-order valence-corrected chi connectivity index (χ1v) is 8.17. The van der Waals surface area contributed by atoms with E-state index in [0.717, 1.165) is 0 Å². The van der Waals surface area contributed by atoms with Crippen molar-refractivity contribution >= 4 is 29.3 Å². The Kier molecular flexibility index (Phi) is 5.69. The number of pyridine rings is 1. The van der Waals surface area contributed by atoms with Crippen molar-refractivity contribution in [2.75, 3.05) is 10.6 Å². The van der Waals surface area contributed by atoms with Crippen LogP contribution in [-0.4, -0.2) is 16.8 Å². The lowest BCUT2D eigenvalue weighted by Crippen LogP contribution is -2.13. The monoisotopic (exact) mass is 361 g/mol. The zero-order valence-electron chi connectivity index (χ0n) is 14.2. The molecule has 0 aliphatic heterocycles. The fourth-order valence-electron chi connectivity index (χ4n) is 2.33. The third-order valence-corrected chi connectivity index (χ3v) is 3.63. The van der Waals surface area contributed by atoms with Crippen LogP contribution in [0.1, 0.15) is 15.9 Å². The molecule has 0 spiro atoms. The van der Waals surface area contributed by atoms with E-state index in [-0.39, 0.29) is 5.91 Å². The molecule has 0 saturated heterocycles. The van der Waals surface area contributed by atoms with Crippen molar-refractivity contribution in [3.05, 3.63) is 96.1 Å². The Hall–Kier alpha value is -3.80. The number of aromatic nitrogens is 1. The van der Waals surface area contributed by atoms with Gasteiger partial charge in [0.2, 0.25) is 5.91 Å². The Bertz CT molecular complexity index is 987. The average molecular weight is 361 g/mol. The fraction of sp³-hybridized carbons (Fsp3) is 0. The molecule has 1 heterocycles. The standard InChI is InChI=1S/C21H16FN3O2/c22-19-9-2-1-5-15(19)10-11-20(26)24-17-7-3-8-18(13-17)25-21(27)16-6-4-12-23-14-16/h1-14H,(H,24,26)(H,25,27)/b11-10+. The van der Waals surface area contributed by atoms with E-state index in [0.29, 0.717) is 22.5 Å². The molecule has 2 N–H and O–H groups in total. The van der Waals surface area contributed by atoms with E-state index in [1.165, 1.54) is 24.4 Å². The Morgan fingerprint density at radius 3 is 2.44 bits per heavy atom. The van der Waals surface area contributed by atoms with Gasteiger partial charge in [-0.05, 0) is 42.5 Å². The smallest absolute Gasteiger partial charge is 0.257 e. The Morgan fingerprint density at radius 1 is 0.926 bits per heavy atom. The summed E-state index contributed by atoms with van der Waals surface area (Å²) in [4.78, 5) is 28.1. The number of anilines is 2. The van der Waals surface area contributed by atoms with Crippen LogP contribution in [0, 0.1) is 5.82 Å². The largest absolute Gasteiger partial charge is 0.322 e. The van der Waals surface area contributed by atoms with Gasteiger partial charge in [0.1, 0.15) is 5.82 Å². The van der Waals surface area contributed by atoms with Crippen molar-refractivity contribution in [2.24, 2.45) is 0 Å². The van der Waals surface area contributed by atoms with E-state index in [1.54, 1.807) is 60.8 Å². The predicted molar refractivity (Wildman–Crippen MR) is 103 cm³/mol. The first-order chi connectivity index (χ1) is 13.1. The molecule has 0 fully saturated rings. The number of benzene rings is 2. The summed E-state index contributed by atoms with van der Waals surface area (Å²) in [6.07, 6.45) is 5.70. The van der Waals surface area contributed by atoms with Crippen LogP contribution in [0.25, 0.3) is 6.08 Å². The van der Waals surface area contributed by atoms with Gasteiger partial charge in [0, 0.05) is 35.4 Å². The van der Waals surface area contributed by atoms with Gasteiger partial charge in [-0.25, -0.2) is 4.39 Å². The van der Waals surface area contributed by atoms with Gasteiger partial charge in [-0.15, -0.1) is 0 Å². The van der Waals surface area contributed by atoms with Crippen molar-refractivity contribution in [3.63, 3.8) is 0 Å². The van der Waals surface area contributed by atoms with E-state index < -0.39 is 11.7 Å². The van der Waals surface area contributed by atoms with Gasteiger partial charge in [-0.3, -0.25) is 14.6 Å². The molecule has 2 aromatic carbocycles. The van der Waals surface area contributed by atoms with Crippen LogP contribution < -0.4 is 10.6 Å². The molecule has 0 saturated carbocycles. The number of nitrogens with zero attached hydrogens (tertiary/aromatic N) is 1. The maximum absolute atomic E-state index is 13.6. The van der Waals surface area contributed by atoms with Crippen LogP contribution >= 0.6 is 0 Å². The van der Waals surface area contributed by atoms with Crippen molar-refractivity contribution in [1.82, 2.24) is 4.98 Å². The molecular formula is C21H16FN3O2. The van der Waals surface area contributed by atoms with Gasteiger partial charge in [-0.1, -0.05) is 24.3 Å². The fourth-order valence-corrected chi connectivity index (χ4v) is 2.33. The number of rotatable bonds is 5. The molecule has 0 unspecified atom stereocenters. The number of carbonyl (C=O) groups excluding carboxylic acids is 2. The van der Waals surface area contributed by atoms with Gasteiger partial charge in [0.25, 0.3) is 5.91 Å². The van der Waals surface area contributed by atoms with Crippen molar-refractivity contribution in [1.29, 1.82) is 0 Å². The minimum atomic E-state index is -0.408. The summed E-state index contributed by atoms with van der Waals surface area (Å²) in [6, 6.07) is 16.2. The molecule has 0 radical (unpaired) electrons. The molecule has 0 bridgehead atoms. The highest BCUT2D eigenvalue weighted by molar-refractivity contribution is 6.05. The summed E-state index contributed by atoms with van der Waals surface area (Å²) in [5.41, 5.74) is 1.78. The lowest BCUT2D eigenvalue weighted by Gasteiger charge is -2.08. The Labute approximate surface area is 155 Å². The molecule has 6 heteroatoms. The van der Waals surface area contributed by atoms with E-state index >= 15 is 0 Å². The van der Waals surface area contributed by atoms with E-state index in [1.807, 2.05) is 0 Å². The quantitative estimate of drug-likeness (QED) is 0.672. The molecular weight excluding hydrogens is 345 g/mol. The number of amides is 2. The van der Waals surface area contributed by atoms with E-state index in [2.05, 4.69) is 15.6 Å². The second-order valence-electron chi connectivity index (χ2n) is 5.62. The lowest BCUT2D eigenvalue weighted by atomic mass is 10.2. The zero-order chi connectivity index (χ0) is 19.1. The van der Waals surface area contributed by atoms with Crippen LogP contribution in [0.5, 0.6) is 0 Å². The van der Waals surface area contributed by atoms with Crippen molar-refractivity contribution < 1.29 is 14.0 Å². The highest BCUT2D eigenvalue weighted by Crippen LogP contribution is 2.16. The molecule has 2 amide bonds. The zero-order valence-corrected chi connectivity index (χ0v) is 14.2. The van der Waals surface area contributed by atoms with Crippen LogP contribution in [0.3, 0.4) is 0 Å². The summed E-state index contributed by atoms with van der Waals surface area (Å²) in [6.45, 7) is 0. The summed E-state index contributed by atoms with van der Waals surface area (Å²) < 4.78 is 13.6. The Balaban J connectivity index is 1.64. The minimum Gasteiger partial charge on any atom is -0.322 e. The third kappa shape index (κ3) is 5.09. The first-order valence-electron chi connectivity index (χ1n) is 8.17. The van der Waals surface area contributed by atoms with Crippen molar-refractivity contribution in [2.45, 2.75) is 0 Å². The first kappa shape index (κ1) is 18.0. The number of carbonyl (C=O) groups is 2. The molecule has 0 aliphatic carbocycles. The van der Waals surface area contributed by atoms with E-state index in [9.17, 15) is 14.0 Å². The van der Waals surface area contributed by atoms with Crippen LogP contribution in [0.2, 0.25) is 0 Å². The van der Waals surface area contributed by atoms with Crippen LogP contribution in [0.15, 0.2) is 79.1 Å². The van der Waals surface area contributed by atoms with Crippen LogP contribution in [-0.2, 0) is 4.79 Å². The molecule has 3 rings (SSSR count). The third-order valence-electron chi connectivity index (χ3n) is 3.63. The molecule has 134 valence electrons. The number of hydrogen-bond acceptors (Lipinski definition) is 3. The number of hydrogen-bond donors (Lipinski definition) is 2. The van der Waals surface area contributed by atoms with Crippen molar-refractivity contribution in [3.8, 4) is 0 Å². The topological polar surface area (TPSA) is 71.1 Å². The summed E-state index contributed by atoms with van der Waals surface area (Å²) in [7, 11) is 0. The van der Waals surface area contributed by atoms with Gasteiger partial charge in [-0.2, -0.15) is 0 Å². The Morgan fingerprint density at radius 2 is 1.70 bits per heavy atom. The van der Waals surface area contributed by atoms with Gasteiger partial charge in [0.05, 0.1) is 5.56 Å². The maximum atomic E-state index is 13.6. The molecule has 0 atom stereocenters. The summed E-state index contributed by atoms with van der Waals surface area (Å²) in [5.74, 6) is -1.11. The summed E-state index contributed by atoms with van der Waals surface area (Å²) >= 11 is 0. The number of nitrogens with one attached hydrogen (secondary N) is 2. The second kappa shape index (κ2) is 8.53. The molecule has 3 aromatic rings. The SMILES string of the molecule is O=C(/C=C/c1ccccc1F)Nc1cccc(NC(=O)c2cccnc2)c1. The normalized spacial score (nSPS) is 10.6. The molecule has 0 aliphatic rings. The average Bonchev–Trinajstić information content (AvgIpc) is 2.68. The minimum absolute atomic E-state index is 0.300. The second-order valence-corrected chi connectivity index (χ2v) is 5.62. The number of halogens is 1. The van der Waals surface area contributed by atoms with E-state index in [4.69, 9.17) is 0 Å². The van der Waals surface area contributed by atoms with Gasteiger partial charge >= 0.3 is 0 Å². The van der Waals surface area contributed by atoms with Gasteiger partial charge in [0.15, 0.2) is 0 Å². The highest BCUT2D eigenvalue weighted by atomic mass is 19.1.